The highest BCUT2D eigenvalue weighted by Crippen LogP contribution is 2.15. The molecule has 0 aliphatic carbocycles. The summed E-state index contributed by atoms with van der Waals surface area (Å²) < 4.78 is 0. The molecule has 84 valence electrons. The Kier molecular flexibility index (Phi) is 4.59. The highest BCUT2D eigenvalue weighted by atomic mass is 14.9. The third-order valence-corrected chi connectivity index (χ3v) is 2.25. The van der Waals surface area contributed by atoms with E-state index in [9.17, 15) is 0 Å². The Morgan fingerprint density at radius 1 is 1.25 bits per heavy atom. The lowest BCUT2D eigenvalue weighted by Crippen LogP contribution is -2.08. The van der Waals surface area contributed by atoms with E-state index in [-0.39, 0.29) is 0 Å². The molecule has 0 amide bonds. The maximum absolute atomic E-state index is 4.07. The fourth-order valence-electron chi connectivity index (χ4n) is 1.45. The molecule has 1 nitrogen and oxygen atoms in total. The van der Waals surface area contributed by atoms with Crippen molar-refractivity contribution in [3.63, 3.8) is 0 Å². The molecular formula is C15H19N. The van der Waals surface area contributed by atoms with Crippen molar-refractivity contribution >= 4 is 5.57 Å². The molecule has 0 saturated heterocycles. The monoisotopic (exact) mass is 213 g/mol. The first-order chi connectivity index (χ1) is 7.63. The molecule has 0 radical (unpaired) electrons. The number of benzene rings is 1. The van der Waals surface area contributed by atoms with Gasteiger partial charge in [-0.3, -0.25) is 0 Å². The quantitative estimate of drug-likeness (QED) is 0.725. The molecule has 0 spiro atoms. The minimum Gasteiger partial charge on any atom is -0.363 e. The van der Waals surface area contributed by atoms with E-state index >= 15 is 0 Å². The van der Waals surface area contributed by atoms with Crippen molar-refractivity contribution in [3.05, 3.63) is 66.5 Å². The summed E-state index contributed by atoms with van der Waals surface area (Å²) in [4.78, 5) is 0. The van der Waals surface area contributed by atoms with Crippen LogP contribution in [0.4, 0.5) is 0 Å². The largest absolute Gasteiger partial charge is 0.363 e. The van der Waals surface area contributed by atoms with Gasteiger partial charge in [0, 0.05) is 11.4 Å². The third kappa shape index (κ3) is 3.77. The first-order valence-corrected chi connectivity index (χ1v) is 5.51. The fraction of sp³-hybridized carbons (Fsp3) is 0.200. The van der Waals surface area contributed by atoms with Crippen LogP contribution in [-0.4, -0.2) is 0 Å². The van der Waals surface area contributed by atoms with Gasteiger partial charge in [0.25, 0.3) is 0 Å². The first kappa shape index (κ1) is 12.3. The van der Waals surface area contributed by atoms with Crippen LogP contribution in [0.5, 0.6) is 0 Å². The van der Waals surface area contributed by atoms with E-state index in [4.69, 9.17) is 0 Å². The topological polar surface area (TPSA) is 12.0 Å². The van der Waals surface area contributed by atoms with E-state index < -0.39 is 0 Å². The van der Waals surface area contributed by atoms with Gasteiger partial charge >= 0.3 is 0 Å². The Morgan fingerprint density at radius 2 is 1.88 bits per heavy atom. The van der Waals surface area contributed by atoms with Crippen LogP contribution < -0.4 is 5.32 Å². The number of hydrogen-bond donors (Lipinski definition) is 1. The predicted molar refractivity (Wildman–Crippen MR) is 71.8 cm³/mol. The second-order valence-electron chi connectivity index (χ2n) is 3.82. The van der Waals surface area contributed by atoms with Crippen molar-refractivity contribution in [1.29, 1.82) is 0 Å². The Hall–Kier alpha value is -1.76. The van der Waals surface area contributed by atoms with Gasteiger partial charge in [0.2, 0.25) is 0 Å². The summed E-state index contributed by atoms with van der Waals surface area (Å²) in [5.41, 5.74) is 4.26. The van der Waals surface area contributed by atoms with E-state index in [0.717, 1.165) is 29.0 Å². The van der Waals surface area contributed by atoms with Crippen LogP contribution >= 0.6 is 0 Å². The molecule has 0 atom stereocenters. The van der Waals surface area contributed by atoms with Crippen LogP contribution in [0, 0.1) is 0 Å². The second-order valence-corrected chi connectivity index (χ2v) is 3.82. The van der Waals surface area contributed by atoms with Gasteiger partial charge < -0.3 is 5.32 Å². The normalized spacial score (nSPS) is 11.0. The summed E-state index contributed by atoms with van der Waals surface area (Å²) in [6, 6.07) is 10.2. The maximum Gasteiger partial charge on any atom is 0.0151 e. The zero-order valence-corrected chi connectivity index (χ0v) is 10.1. The van der Waals surface area contributed by atoms with Crippen LogP contribution in [0.2, 0.25) is 0 Å². The second kappa shape index (κ2) is 5.96. The van der Waals surface area contributed by atoms with Crippen molar-refractivity contribution in [3.8, 4) is 0 Å². The van der Waals surface area contributed by atoms with Gasteiger partial charge in [0.1, 0.15) is 0 Å². The Balaban J connectivity index is 2.82. The molecule has 0 unspecified atom stereocenters. The lowest BCUT2D eigenvalue weighted by Gasteiger charge is -2.09. The molecule has 0 fully saturated rings. The summed E-state index contributed by atoms with van der Waals surface area (Å²) in [5.74, 6) is 0. The smallest absolute Gasteiger partial charge is 0.0151 e. The van der Waals surface area contributed by atoms with E-state index in [1.165, 1.54) is 0 Å². The molecule has 0 aliphatic rings. The van der Waals surface area contributed by atoms with Crippen LogP contribution in [0.3, 0.4) is 0 Å². The molecule has 16 heavy (non-hydrogen) atoms. The maximum atomic E-state index is 4.07. The molecule has 1 N–H and O–H groups in total. The summed E-state index contributed by atoms with van der Waals surface area (Å²) in [5, 5.41) is 3.24. The standard InChI is InChI=1S/C15H19N/c1-5-15(16-12(2)3)11-13(4)14-9-7-6-8-10-14/h6-11,16H,2,4-5H2,1,3H3/b15-11+. The number of nitrogens with one attached hydrogen (secondary N) is 1. The molecule has 0 aromatic heterocycles. The highest BCUT2D eigenvalue weighted by Gasteiger charge is 1.97. The van der Waals surface area contributed by atoms with Gasteiger partial charge in [0.05, 0.1) is 0 Å². The van der Waals surface area contributed by atoms with Gasteiger partial charge in [-0.2, -0.15) is 0 Å². The third-order valence-electron chi connectivity index (χ3n) is 2.25. The summed E-state index contributed by atoms with van der Waals surface area (Å²) in [7, 11) is 0. The summed E-state index contributed by atoms with van der Waals surface area (Å²) >= 11 is 0. The lowest BCUT2D eigenvalue weighted by molar-refractivity contribution is 0.896. The number of rotatable bonds is 5. The minimum absolute atomic E-state index is 0.943. The fourth-order valence-corrected chi connectivity index (χ4v) is 1.45. The van der Waals surface area contributed by atoms with E-state index in [1.807, 2.05) is 25.1 Å². The van der Waals surface area contributed by atoms with Crippen LogP contribution in [0.1, 0.15) is 25.8 Å². The number of hydrogen-bond acceptors (Lipinski definition) is 1. The van der Waals surface area contributed by atoms with E-state index in [2.05, 4.69) is 43.6 Å². The van der Waals surface area contributed by atoms with Crippen molar-refractivity contribution in [2.24, 2.45) is 0 Å². The van der Waals surface area contributed by atoms with E-state index in [1.54, 1.807) is 0 Å². The Bertz CT molecular complexity index is 399. The molecule has 1 aromatic rings. The Morgan fingerprint density at radius 3 is 2.38 bits per heavy atom. The van der Waals surface area contributed by atoms with Crippen molar-refractivity contribution in [1.82, 2.24) is 5.32 Å². The zero-order chi connectivity index (χ0) is 12.0. The number of allylic oxidation sites excluding steroid dienone is 4. The molecule has 0 saturated carbocycles. The summed E-state index contributed by atoms with van der Waals surface area (Å²) in [6.07, 6.45) is 3.02. The lowest BCUT2D eigenvalue weighted by atomic mass is 10.1. The SMILES string of the molecule is C=C(C)N/C(=C/C(=C)c1ccccc1)CC. The van der Waals surface area contributed by atoms with E-state index in [0.29, 0.717) is 0 Å². The Labute approximate surface area is 98.2 Å². The average molecular weight is 213 g/mol. The van der Waals surface area contributed by atoms with Crippen LogP contribution in [-0.2, 0) is 0 Å². The molecule has 0 aliphatic heterocycles. The zero-order valence-electron chi connectivity index (χ0n) is 10.1. The highest BCUT2D eigenvalue weighted by molar-refractivity contribution is 5.72. The molecule has 1 heteroatoms. The summed E-state index contributed by atoms with van der Waals surface area (Å²) in [6.45, 7) is 12.0. The van der Waals surface area contributed by atoms with Gasteiger partial charge in [-0.25, -0.2) is 0 Å². The van der Waals surface area contributed by atoms with Crippen molar-refractivity contribution in [2.75, 3.05) is 0 Å². The predicted octanol–water partition coefficient (Wildman–Crippen LogP) is 4.12. The molecular weight excluding hydrogens is 194 g/mol. The molecule has 1 aromatic carbocycles. The molecule has 0 heterocycles. The van der Waals surface area contributed by atoms with Gasteiger partial charge in [-0.05, 0) is 30.6 Å². The van der Waals surface area contributed by atoms with Gasteiger partial charge in [-0.15, -0.1) is 0 Å². The van der Waals surface area contributed by atoms with Crippen molar-refractivity contribution < 1.29 is 0 Å². The minimum atomic E-state index is 0.943. The molecule has 0 bridgehead atoms. The van der Waals surface area contributed by atoms with Crippen LogP contribution in [0.15, 0.2) is 61.0 Å². The van der Waals surface area contributed by atoms with Crippen molar-refractivity contribution in [2.45, 2.75) is 20.3 Å². The first-order valence-electron chi connectivity index (χ1n) is 5.51. The molecule has 1 rings (SSSR count). The average Bonchev–Trinajstić information content (AvgIpc) is 2.28. The van der Waals surface area contributed by atoms with Crippen LogP contribution in [0.25, 0.3) is 5.57 Å². The van der Waals surface area contributed by atoms with Gasteiger partial charge in [-0.1, -0.05) is 50.4 Å². The van der Waals surface area contributed by atoms with Gasteiger partial charge in [0.15, 0.2) is 0 Å².